The van der Waals surface area contributed by atoms with Crippen molar-refractivity contribution in [3.63, 3.8) is 0 Å². The Hall–Kier alpha value is -3.06. The summed E-state index contributed by atoms with van der Waals surface area (Å²) in [5.74, 6) is 0. The molecule has 5 aromatic rings. The monoisotopic (exact) mass is 308 g/mol. The Bertz CT molecular complexity index is 1210. The van der Waals surface area contributed by atoms with E-state index < -0.39 is 0 Å². The predicted octanol–water partition coefficient (Wildman–Crippen LogP) is 6.71. The van der Waals surface area contributed by atoms with Crippen LogP contribution in [0, 0.1) is 6.92 Å². The van der Waals surface area contributed by atoms with Gasteiger partial charge in [0.2, 0.25) is 0 Å². The lowest BCUT2D eigenvalue weighted by atomic mass is 9.94. The van der Waals surface area contributed by atoms with Crippen molar-refractivity contribution in [1.82, 2.24) is 0 Å². The Morgan fingerprint density at radius 1 is 0.625 bits per heavy atom. The highest BCUT2D eigenvalue weighted by Crippen LogP contribution is 2.39. The van der Waals surface area contributed by atoms with Crippen LogP contribution in [0.15, 0.2) is 83.3 Å². The standard InChI is InChI=1S/C23H16O/c1-15-7-4-13-20-22-19(12-6-14-21(22)24-23(15)20)18-11-5-9-16-8-2-3-10-17(16)18/h2-14H,1H3. The van der Waals surface area contributed by atoms with Crippen molar-refractivity contribution in [3.8, 4) is 11.1 Å². The molecule has 1 nitrogen and oxygen atoms in total. The van der Waals surface area contributed by atoms with Crippen LogP contribution >= 0.6 is 0 Å². The van der Waals surface area contributed by atoms with Gasteiger partial charge in [-0.3, -0.25) is 0 Å². The molecule has 4 aromatic carbocycles. The van der Waals surface area contributed by atoms with Crippen LogP contribution < -0.4 is 0 Å². The molecule has 0 aliphatic heterocycles. The largest absolute Gasteiger partial charge is 0.456 e. The number of para-hydroxylation sites is 1. The second-order valence-electron chi connectivity index (χ2n) is 6.26. The van der Waals surface area contributed by atoms with Crippen LogP contribution in [-0.4, -0.2) is 0 Å². The van der Waals surface area contributed by atoms with E-state index in [2.05, 4.69) is 85.8 Å². The molecular formula is C23H16O. The molecule has 0 N–H and O–H groups in total. The quantitative estimate of drug-likeness (QED) is 0.335. The van der Waals surface area contributed by atoms with Gasteiger partial charge in [-0.25, -0.2) is 0 Å². The van der Waals surface area contributed by atoms with Crippen LogP contribution in [-0.2, 0) is 0 Å². The van der Waals surface area contributed by atoms with Gasteiger partial charge < -0.3 is 4.42 Å². The molecule has 1 heteroatoms. The van der Waals surface area contributed by atoms with Crippen LogP contribution in [0.3, 0.4) is 0 Å². The highest BCUT2D eigenvalue weighted by Gasteiger charge is 2.14. The third-order valence-corrected chi connectivity index (χ3v) is 4.80. The molecular weight excluding hydrogens is 292 g/mol. The summed E-state index contributed by atoms with van der Waals surface area (Å²) in [6, 6.07) is 27.7. The van der Waals surface area contributed by atoms with Gasteiger partial charge in [-0.15, -0.1) is 0 Å². The van der Waals surface area contributed by atoms with Gasteiger partial charge in [-0.2, -0.15) is 0 Å². The lowest BCUT2D eigenvalue weighted by Crippen LogP contribution is -1.82. The summed E-state index contributed by atoms with van der Waals surface area (Å²) in [5, 5.41) is 4.92. The van der Waals surface area contributed by atoms with E-state index in [9.17, 15) is 0 Å². The van der Waals surface area contributed by atoms with E-state index in [0.29, 0.717) is 0 Å². The van der Waals surface area contributed by atoms with E-state index in [4.69, 9.17) is 4.42 Å². The molecule has 114 valence electrons. The summed E-state index contributed by atoms with van der Waals surface area (Å²) in [4.78, 5) is 0. The van der Waals surface area contributed by atoms with Gasteiger partial charge in [0.1, 0.15) is 11.2 Å². The van der Waals surface area contributed by atoms with Crippen LogP contribution in [0.2, 0.25) is 0 Å². The van der Waals surface area contributed by atoms with Gasteiger partial charge in [0.05, 0.1) is 0 Å². The minimum absolute atomic E-state index is 0.949. The zero-order valence-corrected chi connectivity index (χ0v) is 13.4. The molecule has 0 saturated carbocycles. The molecule has 0 fully saturated rings. The van der Waals surface area contributed by atoms with Gasteiger partial charge in [0, 0.05) is 10.8 Å². The molecule has 5 rings (SSSR count). The lowest BCUT2D eigenvalue weighted by molar-refractivity contribution is 0.666. The van der Waals surface area contributed by atoms with Crippen molar-refractivity contribution in [2.75, 3.05) is 0 Å². The molecule has 0 atom stereocenters. The Morgan fingerprint density at radius 3 is 2.29 bits per heavy atom. The van der Waals surface area contributed by atoms with Gasteiger partial charge >= 0.3 is 0 Å². The molecule has 0 aliphatic carbocycles. The first-order chi connectivity index (χ1) is 11.8. The normalized spacial score (nSPS) is 11.5. The zero-order valence-electron chi connectivity index (χ0n) is 13.4. The minimum atomic E-state index is 0.949. The number of benzene rings is 4. The van der Waals surface area contributed by atoms with Crippen molar-refractivity contribution in [2.45, 2.75) is 6.92 Å². The molecule has 0 unspecified atom stereocenters. The second-order valence-corrected chi connectivity index (χ2v) is 6.26. The first-order valence-electron chi connectivity index (χ1n) is 8.22. The van der Waals surface area contributed by atoms with E-state index in [1.165, 1.54) is 38.2 Å². The maximum atomic E-state index is 6.16. The van der Waals surface area contributed by atoms with Gasteiger partial charge in [0.25, 0.3) is 0 Å². The SMILES string of the molecule is Cc1cccc2c1oc1cccc(-c3cccc4ccccc34)c12. The highest BCUT2D eigenvalue weighted by atomic mass is 16.3. The van der Waals surface area contributed by atoms with Crippen molar-refractivity contribution >= 4 is 32.7 Å². The van der Waals surface area contributed by atoms with E-state index in [-0.39, 0.29) is 0 Å². The molecule has 1 heterocycles. The van der Waals surface area contributed by atoms with Crippen LogP contribution in [0.1, 0.15) is 5.56 Å². The third kappa shape index (κ3) is 1.82. The fourth-order valence-electron chi connectivity index (χ4n) is 3.67. The van der Waals surface area contributed by atoms with Gasteiger partial charge in [0.15, 0.2) is 0 Å². The average Bonchev–Trinajstić information content (AvgIpc) is 3.02. The summed E-state index contributed by atoms with van der Waals surface area (Å²) >= 11 is 0. The Labute approximate surface area is 140 Å². The zero-order chi connectivity index (χ0) is 16.1. The first-order valence-corrected chi connectivity index (χ1v) is 8.22. The molecule has 0 bridgehead atoms. The third-order valence-electron chi connectivity index (χ3n) is 4.80. The molecule has 0 spiro atoms. The fourth-order valence-corrected chi connectivity index (χ4v) is 3.67. The molecule has 0 saturated heterocycles. The number of aryl methyl sites for hydroxylation is 1. The van der Waals surface area contributed by atoms with Crippen molar-refractivity contribution < 1.29 is 4.42 Å². The number of hydrogen-bond donors (Lipinski definition) is 0. The Morgan fingerprint density at radius 2 is 1.33 bits per heavy atom. The number of fused-ring (bicyclic) bond motifs is 4. The molecule has 0 aliphatic rings. The molecule has 0 amide bonds. The summed E-state index contributed by atoms with van der Waals surface area (Å²) in [7, 11) is 0. The fraction of sp³-hybridized carbons (Fsp3) is 0.0435. The van der Waals surface area contributed by atoms with E-state index >= 15 is 0 Å². The Balaban J connectivity index is 1.96. The van der Waals surface area contributed by atoms with Crippen LogP contribution in [0.4, 0.5) is 0 Å². The summed E-state index contributed by atoms with van der Waals surface area (Å²) in [6.07, 6.45) is 0. The molecule has 1 aromatic heterocycles. The maximum Gasteiger partial charge on any atom is 0.138 e. The van der Waals surface area contributed by atoms with Crippen molar-refractivity contribution in [2.24, 2.45) is 0 Å². The summed E-state index contributed by atoms with van der Waals surface area (Å²) in [6.45, 7) is 2.10. The molecule has 0 radical (unpaired) electrons. The minimum Gasteiger partial charge on any atom is -0.456 e. The highest BCUT2D eigenvalue weighted by molar-refractivity contribution is 6.15. The first kappa shape index (κ1) is 13.4. The van der Waals surface area contributed by atoms with E-state index in [1.807, 2.05) is 0 Å². The smallest absolute Gasteiger partial charge is 0.138 e. The topological polar surface area (TPSA) is 13.1 Å². The van der Waals surface area contributed by atoms with Crippen molar-refractivity contribution in [1.29, 1.82) is 0 Å². The number of hydrogen-bond acceptors (Lipinski definition) is 1. The lowest BCUT2D eigenvalue weighted by Gasteiger charge is -2.08. The second kappa shape index (κ2) is 4.97. The number of furan rings is 1. The Kier molecular flexibility index (Phi) is 2.77. The van der Waals surface area contributed by atoms with E-state index in [0.717, 1.165) is 11.2 Å². The van der Waals surface area contributed by atoms with Crippen LogP contribution in [0.25, 0.3) is 43.8 Å². The maximum absolute atomic E-state index is 6.16. The van der Waals surface area contributed by atoms with Crippen LogP contribution in [0.5, 0.6) is 0 Å². The predicted molar refractivity (Wildman–Crippen MR) is 101 cm³/mol. The molecule has 24 heavy (non-hydrogen) atoms. The average molecular weight is 308 g/mol. The summed E-state index contributed by atoms with van der Waals surface area (Å²) < 4.78 is 6.16. The number of rotatable bonds is 1. The van der Waals surface area contributed by atoms with E-state index in [1.54, 1.807) is 0 Å². The van der Waals surface area contributed by atoms with Gasteiger partial charge in [-0.1, -0.05) is 72.8 Å². The van der Waals surface area contributed by atoms with Gasteiger partial charge in [-0.05, 0) is 40.5 Å². The van der Waals surface area contributed by atoms with Crippen molar-refractivity contribution in [3.05, 3.63) is 84.4 Å². The summed E-state index contributed by atoms with van der Waals surface area (Å²) in [5.41, 5.74) is 5.59.